The van der Waals surface area contributed by atoms with E-state index in [0.29, 0.717) is 5.03 Å². The standard InChI is InChI=1S/C11H14N2O4S/c1-6(2)8(10(14)15)18-7-4-5-12-9(13-7)11(16)17-3/h4-6,8H,1-3H3,(H,14,15). The summed E-state index contributed by atoms with van der Waals surface area (Å²) in [4.78, 5) is 30.0. The zero-order chi connectivity index (χ0) is 13.7. The number of aromatic nitrogens is 2. The number of carboxylic acid groups (broad SMARTS) is 1. The van der Waals surface area contributed by atoms with E-state index in [0.717, 1.165) is 11.8 Å². The molecule has 7 heteroatoms. The number of carboxylic acids is 1. The molecule has 0 amide bonds. The lowest BCUT2D eigenvalue weighted by Crippen LogP contribution is -2.22. The van der Waals surface area contributed by atoms with E-state index in [1.54, 1.807) is 6.07 Å². The van der Waals surface area contributed by atoms with Gasteiger partial charge in [-0.15, -0.1) is 0 Å². The number of hydrogen-bond acceptors (Lipinski definition) is 6. The number of ether oxygens (including phenoxy) is 1. The largest absolute Gasteiger partial charge is 0.480 e. The number of methoxy groups -OCH3 is 1. The maximum atomic E-state index is 11.2. The predicted molar refractivity (Wildman–Crippen MR) is 65.5 cm³/mol. The third-order valence-electron chi connectivity index (χ3n) is 2.09. The fraction of sp³-hybridized carbons (Fsp3) is 0.455. The minimum absolute atomic E-state index is 0.0518. The van der Waals surface area contributed by atoms with E-state index in [4.69, 9.17) is 5.11 Å². The van der Waals surface area contributed by atoms with Crippen LogP contribution in [-0.4, -0.2) is 39.4 Å². The van der Waals surface area contributed by atoms with Gasteiger partial charge in [0, 0.05) is 6.20 Å². The summed E-state index contributed by atoms with van der Waals surface area (Å²) >= 11 is 1.09. The highest BCUT2D eigenvalue weighted by atomic mass is 32.2. The van der Waals surface area contributed by atoms with Crippen LogP contribution in [0.3, 0.4) is 0 Å². The first-order valence-corrected chi connectivity index (χ1v) is 6.14. The smallest absolute Gasteiger partial charge is 0.376 e. The number of nitrogens with zero attached hydrogens (tertiary/aromatic N) is 2. The van der Waals surface area contributed by atoms with Crippen LogP contribution in [0.15, 0.2) is 17.3 Å². The summed E-state index contributed by atoms with van der Waals surface area (Å²) in [5, 5.41) is 8.89. The van der Waals surface area contributed by atoms with Gasteiger partial charge in [-0.3, -0.25) is 4.79 Å². The first kappa shape index (κ1) is 14.4. The number of rotatable bonds is 5. The van der Waals surface area contributed by atoms with Crippen LogP contribution in [0.4, 0.5) is 0 Å². The molecule has 1 atom stereocenters. The summed E-state index contributed by atoms with van der Waals surface area (Å²) in [5.74, 6) is -1.68. The molecule has 1 unspecified atom stereocenters. The molecule has 0 saturated carbocycles. The molecule has 18 heavy (non-hydrogen) atoms. The molecule has 0 bridgehead atoms. The quantitative estimate of drug-likeness (QED) is 0.492. The molecule has 1 heterocycles. The normalized spacial score (nSPS) is 12.2. The van der Waals surface area contributed by atoms with E-state index in [1.165, 1.54) is 13.3 Å². The molecule has 0 aliphatic carbocycles. The average Bonchev–Trinajstić information content (AvgIpc) is 2.34. The topological polar surface area (TPSA) is 89.4 Å². The van der Waals surface area contributed by atoms with Crippen molar-refractivity contribution in [3.8, 4) is 0 Å². The molecule has 6 nitrogen and oxygen atoms in total. The number of hydrogen-bond donors (Lipinski definition) is 1. The van der Waals surface area contributed by atoms with Crippen LogP contribution in [0, 0.1) is 5.92 Å². The Balaban J connectivity index is 2.90. The van der Waals surface area contributed by atoms with Crippen molar-refractivity contribution in [3.63, 3.8) is 0 Å². The van der Waals surface area contributed by atoms with Crippen molar-refractivity contribution in [1.29, 1.82) is 0 Å². The van der Waals surface area contributed by atoms with Gasteiger partial charge in [-0.25, -0.2) is 14.8 Å². The molecule has 0 spiro atoms. The lowest BCUT2D eigenvalue weighted by atomic mass is 10.1. The lowest BCUT2D eigenvalue weighted by Gasteiger charge is -2.14. The van der Waals surface area contributed by atoms with E-state index in [1.807, 2.05) is 13.8 Å². The first-order valence-electron chi connectivity index (χ1n) is 5.26. The molecule has 1 N–H and O–H groups in total. The Morgan fingerprint density at radius 1 is 1.44 bits per heavy atom. The van der Waals surface area contributed by atoms with Crippen LogP contribution in [-0.2, 0) is 9.53 Å². The molecule has 0 radical (unpaired) electrons. The van der Waals surface area contributed by atoms with Crippen LogP contribution in [0.5, 0.6) is 0 Å². The van der Waals surface area contributed by atoms with E-state index >= 15 is 0 Å². The molecular weight excluding hydrogens is 256 g/mol. The van der Waals surface area contributed by atoms with Gasteiger partial charge in [-0.1, -0.05) is 25.6 Å². The monoisotopic (exact) mass is 270 g/mol. The maximum Gasteiger partial charge on any atom is 0.376 e. The molecule has 1 aromatic heterocycles. The number of thioether (sulfide) groups is 1. The van der Waals surface area contributed by atoms with Crippen LogP contribution in [0.1, 0.15) is 24.5 Å². The maximum absolute atomic E-state index is 11.2. The molecular formula is C11H14N2O4S. The van der Waals surface area contributed by atoms with E-state index in [-0.39, 0.29) is 11.7 Å². The summed E-state index contributed by atoms with van der Waals surface area (Å²) < 4.78 is 4.50. The van der Waals surface area contributed by atoms with Gasteiger partial charge in [0.1, 0.15) is 10.3 Å². The van der Waals surface area contributed by atoms with Gasteiger partial charge in [0.05, 0.1) is 7.11 Å². The Morgan fingerprint density at radius 2 is 2.11 bits per heavy atom. The van der Waals surface area contributed by atoms with Gasteiger partial charge in [0.25, 0.3) is 0 Å². The molecule has 0 saturated heterocycles. The Kier molecular flexibility index (Phi) is 5.08. The Bertz CT molecular complexity index is 450. The zero-order valence-corrected chi connectivity index (χ0v) is 11.1. The summed E-state index contributed by atoms with van der Waals surface area (Å²) in [6, 6.07) is 1.56. The van der Waals surface area contributed by atoms with Gasteiger partial charge in [-0.2, -0.15) is 0 Å². The fourth-order valence-electron chi connectivity index (χ4n) is 1.20. The molecule has 1 aromatic rings. The Hall–Kier alpha value is -1.63. The van der Waals surface area contributed by atoms with Gasteiger partial charge in [0.2, 0.25) is 5.82 Å². The summed E-state index contributed by atoms with van der Waals surface area (Å²) in [6.07, 6.45) is 1.40. The van der Waals surface area contributed by atoms with Gasteiger partial charge < -0.3 is 9.84 Å². The second-order valence-corrected chi connectivity index (χ2v) is 4.99. The second-order valence-electron chi connectivity index (χ2n) is 3.83. The number of esters is 1. The summed E-state index contributed by atoms with van der Waals surface area (Å²) in [5.41, 5.74) is 0. The molecule has 0 aliphatic rings. The molecule has 0 aliphatic heterocycles. The lowest BCUT2D eigenvalue weighted by molar-refractivity contribution is -0.137. The first-order chi connectivity index (χ1) is 8.45. The summed E-state index contributed by atoms with van der Waals surface area (Å²) in [7, 11) is 1.24. The van der Waals surface area contributed by atoms with E-state index in [2.05, 4.69) is 14.7 Å². The van der Waals surface area contributed by atoms with Crippen molar-refractivity contribution in [2.75, 3.05) is 7.11 Å². The molecule has 0 fully saturated rings. The average molecular weight is 270 g/mol. The van der Waals surface area contributed by atoms with E-state index in [9.17, 15) is 9.59 Å². The van der Waals surface area contributed by atoms with Gasteiger partial charge in [-0.05, 0) is 12.0 Å². The van der Waals surface area contributed by atoms with Crippen molar-refractivity contribution in [1.82, 2.24) is 9.97 Å². The molecule has 1 rings (SSSR count). The zero-order valence-electron chi connectivity index (χ0n) is 10.3. The van der Waals surface area contributed by atoms with Crippen molar-refractivity contribution >= 4 is 23.7 Å². The second kappa shape index (κ2) is 6.34. The van der Waals surface area contributed by atoms with Crippen LogP contribution < -0.4 is 0 Å². The Labute approximate surface area is 109 Å². The third kappa shape index (κ3) is 3.69. The Morgan fingerprint density at radius 3 is 2.61 bits per heavy atom. The number of aliphatic carboxylic acids is 1. The van der Waals surface area contributed by atoms with Crippen LogP contribution >= 0.6 is 11.8 Å². The molecule has 98 valence electrons. The van der Waals surface area contributed by atoms with Gasteiger partial charge in [0.15, 0.2) is 0 Å². The van der Waals surface area contributed by atoms with Crippen molar-refractivity contribution in [3.05, 3.63) is 18.1 Å². The number of carbonyl (C=O) groups excluding carboxylic acids is 1. The highest BCUT2D eigenvalue weighted by Crippen LogP contribution is 2.26. The van der Waals surface area contributed by atoms with Crippen molar-refractivity contribution < 1.29 is 19.4 Å². The van der Waals surface area contributed by atoms with Gasteiger partial charge >= 0.3 is 11.9 Å². The minimum atomic E-state index is -0.909. The predicted octanol–water partition coefficient (Wildman–Crippen LogP) is 1.46. The van der Waals surface area contributed by atoms with Crippen LogP contribution in [0.25, 0.3) is 0 Å². The highest BCUT2D eigenvalue weighted by molar-refractivity contribution is 8.00. The summed E-state index contributed by atoms with van der Waals surface area (Å²) in [6.45, 7) is 3.63. The van der Waals surface area contributed by atoms with Crippen molar-refractivity contribution in [2.24, 2.45) is 5.92 Å². The number of carbonyl (C=O) groups is 2. The molecule has 0 aromatic carbocycles. The SMILES string of the molecule is COC(=O)c1nccc(SC(C(=O)O)C(C)C)n1. The minimum Gasteiger partial charge on any atom is -0.480 e. The third-order valence-corrected chi connectivity index (χ3v) is 3.56. The van der Waals surface area contributed by atoms with E-state index < -0.39 is 17.2 Å². The van der Waals surface area contributed by atoms with Crippen LogP contribution in [0.2, 0.25) is 0 Å². The highest BCUT2D eigenvalue weighted by Gasteiger charge is 2.24. The fourth-order valence-corrected chi connectivity index (χ4v) is 2.11. The van der Waals surface area contributed by atoms with Crippen molar-refractivity contribution in [2.45, 2.75) is 24.1 Å².